The average Bonchev–Trinajstić information content (AvgIpc) is 2.95. The lowest BCUT2D eigenvalue weighted by atomic mass is 10.2. The van der Waals surface area contributed by atoms with Crippen LogP contribution in [-0.2, 0) is 0 Å². The van der Waals surface area contributed by atoms with Crippen LogP contribution in [0.2, 0.25) is 0 Å². The lowest BCUT2D eigenvalue weighted by Gasteiger charge is -2.21. The molecule has 1 aromatic heterocycles. The molecule has 1 aromatic carbocycles. The third-order valence-corrected chi connectivity index (χ3v) is 3.88. The Kier molecular flexibility index (Phi) is 4.29. The highest BCUT2D eigenvalue weighted by atomic mass is 32.1. The summed E-state index contributed by atoms with van der Waals surface area (Å²) in [5, 5.41) is 11.7. The van der Waals surface area contributed by atoms with Crippen LogP contribution < -0.4 is 0 Å². The molecule has 4 nitrogen and oxygen atoms in total. The molecule has 5 heteroatoms. The fourth-order valence-corrected chi connectivity index (χ4v) is 2.39. The molecule has 0 spiro atoms. The molecule has 0 fully saturated rings. The SMILES string of the molecule is C[C@H](CO)N(C)C(=O)c1csc(-c2ccccc2)n1. The third-order valence-electron chi connectivity index (χ3n) is 2.99. The Hall–Kier alpha value is -1.72. The normalized spacial score (nSPS) is 12.2. The molecule has 1 atom stereocenters. The fourth-order valence-electron chi connectivity index (χ4n) is 1.59. The molecule has 100 valence electrons. The molecule has 0 bridgehead atoms. The van der Waals surface area contributed by atoms with Gasteiger partial charge in [-0.15, -0.1) is 11.3 Å². The minimum absolute atomic E-state index is 0.0576. The molecule has 0 radical (unpaired) electrons. The smallest absolute Gasteiger partial charge is 0.273 e. The Morgan fingerprint density at radius 1 is 1.42 bits per heavy atom. The summed E-state index contributed by atoms with van der Waals surface area (Å²) < 4.78 is 0. The van der Waals surface area contributed by atoms with E-state index in [4.69, 9.17) is 5.11 Å². The highest BCUT2D eigenvalue weighted by Gasteiger charge is 2.19. The first kappa shape index (κ1) is 13.7. The van der Waals surface area contributed by atoms with E-state index in [1.807, 2.05) is 30.3 Å². The Morgan fingerprint density at radius 2 is 2.11 bits per heavy atom. The maximum Gasteiger partial charge on any atom is 0.273 e. The van der Waals surface area contributed by atoms with Gasteiger partial charge in [0.05, 0.1) is 12.6 Å². The van der Waals surface area contributed by atoms with E-state index in [2.05, 4.69) is 4.98 Å². The number of hydrogen-bond donors (Lipinski definition) is 1. The summed E-state index contributed by atoms with van der Waals surface area (Å²) in [5.41, 5.74) is 1.43. The van der Waals surface area contributed by atoms with Crippen LogP contribution in [0.25, 0.3) is 10.6 Å². The van der Waals surface area contributed by atoms with Gasteiger partial charge in [-0.25, -0.2) is 4.98 Å². The van der Waals surface area contributed by atoms with Crippen molar-refractivity contribution in [1.82, 2.24) is 9.88 Å². The average molecular weight is 276 g/mol. The quantitative estimate of drug-likeness (QED) is 0.932. The van der Waals surface area contributed by atoms with Crippen molar-refractivity contribution in [2.24, 2.45) is 0 Å². The van der Waals surface area contributed by atoms with E-state index in [0.717, 1.165) is 10.6 Å². The molecule has 1 heterocycles. The first-order valence-electron chi connectivity index (χ1n) is 6.02. The van der Waals surface area contributed by atoms with Gasteiger partial charge in [-0.1, -0.05) is 30.3 Å². The minimum Gasteiger partial charge on any atom is -0.394 e. The number of aromatic nitrogens is 1. The summed E-state index contributed by atoms with van der Waals surface area (Å²) in [7, 11) is 1.67. The zero-order valence-electron chi connectivity index (χ0n) is 10.9. The Morgan fingerprint density at radius 3 is 2.74 bits per heavy atom. The van der Waals surface area contributed by atoms with Crippen molar-refractivity contribution in [3.05, 3.63) is 41.4 Å². The highest BCUT2D eigenvalue weighted by Crippen LogP contribution is 2.23. The molecule has 0 aliphatic rings. The first-order chi connectivity index (χ1) is 9.13. The monoisotopic (exact) mass is 276 g/mol. The lowest BCUT2D eigenvalue weighted by molar-refractivity contribution is 0.0677. The number of thiazole rings is 1. The number of nitrogens with zero attached hydrogens (tertiary/aromatic N) is 2. The van der Waals surface area contributed by atoms with Crippen LogP contribution >= 0.6 is 11.3 Å². The molecule has 2 aromatic rings. The number of carbonyl (C=O) groups is 1. The van der Waals surface area contributed by atoms with Crippen LogP contribution in [0.15, 0.2) is 35.7 Å². The second kappa shape index (κ2) is 5.95. The summed E-state index contributed by atoms with van der Waals surface area (Å²) >= 11 is 1.45. The van der Waals surface area contributed by atoms with Crippen molar-refractivity contribution in [3.63, 3.8) is 0 Å². The van der Waals surface area contributed by atoms with Crippen LogP contribution in [0, 0.1) is 0 Å². The molecule has 1 amide bonds. The lowest BCUT2D eigenvalue weighted by Crippen LogP contribution is -2.37. The van der Waals surface area contributed by atoms with Gasteiger partial charge < -0.3 is 10.0 Å². The van der Waals surface area contributed by atoms with Crippen LogP contribution in [0.3, 0.4) is 0 Å². The van der Waals surface area contributed by atoms with Crippen molar-refractivity contribution < 1.29 is 9.90 Å². The van der Waals surface area contributed by atoms with Crippen LogP contribution in [0.4, 0.5) is 0 Å². The van der Waals surface area contributed by atoms with Crippen LogP contribution in [0.5, 0.6) is 0 Å². The number of amides is 1. The number of benzene rings is 1. The number of carbonyl (C=O) groups excluding carboxylic acids is 1. The van der Waals surface area contributed by atoms with Gasteiger partial charge in [0.15, 0.2) is 0 Å². The van der Waals surface area contributed by atoms with E-state index in [9.17, 15) is 4.79 Å². The van der Waals surface area contributed by atoms with Gasteiger partial charge in [-0.3, -0.25) is 4.79 Å². The second-order valence-corrected chi connectivity index (χ2v) is 5.21. The number of aliphatic hydroxyl groups excluding tert-OH is 1. The summed E-state index contributed by atoms with van der Waals surface area (Å²) in [6.07, 6.45) is 0. The molecule has 1 N–H and O–H groups in total. The highest BCUT2D eigenvalue weighted by molar-refractivity contribution is 7.13. The Bertz CT molecular complexity index is 554. The van der Waals surface area contributed by atoms with E-state index in [0.29, 0.717) is 5.69 Å². The van der Waals surface area contributed by atoms with Crippen molar-refractivity contribution in [3.8, 4) is 10.6 Å². The molecule has 19 heavy (non-hydrogen) atoms. The van der Waals surface area contributed by atoms with Gasteiger partial charge in [0.2, 0.25) is 0 Å². The Balaban J connectivity index is 2.20. The molecule has 2 rings (SSSR count). The Labute approximate surface area is 116 Å². The largest absolute Gasteiger partial charge is 0.394 e. The maximum atomic E-state index is 12.1. The number of rotatable bonds is 4. The van der Waals surface area contributed by atoms with Gasteiger partial charge in [0, 0.05) is 18.0 Å². The van der Waals surface area contributed by atoms with Crippen LogP contribution in [0.1, 0.15) is 17.4 Å². The topological polar surface area (TPSA) is 53.4 Å². The summed E-state index contributed by atoms with van der Waals surface area (Å²) in [5.74, 6) is -0.167. The zero-order chi connectivity index (χ0) is 13.8. The number of likely N-dealkylation sites (N-methyl/N-ethyl adjacent to an activating group) is 1. The van der Waals surface area contributed by atoms with Crippen molar-refractivity contribution in [1.29, 1.82) is 0 Å². The predicted octanol–water partition coefficient (Wildman–Crippen LogP) is 2.26. The molecule has 0 aliphatic heterocycles. The number of hydrogen-bond acceptors (Lipinski definition) is 4. The van der Waals surface area contributed by atoms with Gasteiger partial charge in [0.1, 0.15) is 10.7 Å². The zero-order valence-corrected chi connectivity index (χ0v) is 11.7. The van der Waals surface area contributed by atoms with E-state index in [1.54, 1.807) is 19.4 Å². The van der Waals surface area contributed by atoms with Crippen molar-refractivity contribution in [2.45, 2.75) is 13.0 Å². The molecule has 0 saturated carbocycles. The first-order valence-corrected chi connectivity index (χ1v) is 6.90. The van der Waals surface area contributed by atoms with E-state index in [-0.39, 0.29) is 18.6 Å². The van der Waals surface area contributed by atoms with E-state index >= 15 is 0 Å². The molecule has 0 aliphatic carbocycles. The van der Waals surface area contributed by atoms with Gasteiger partial charge in [0.25, 0.3) is 5.91 Å². The summed E-state index contributed by atoms with van der Waals surface area (Å²) in [6, 6.07) is 9.55. The van der Waals surface area contributed by atoms with Crippen molar-refractivity contribution in [2.75, 3.05) is 13.7 Å². The maximum absolute atomic E-state index is 12.1. The van der Waals surface area contributed by atoms with Gasteiger partial charge in [-0.2, -0.15) is 0 Å². The fraction of sp³-hybridized carbons (Fsp3) is 0.286. The van der Waals surface area contributed by atoms with Crippen LogP contribution in [-0.4, -0.2) is 40.6 Å². The summed E-state index contributed by atoms with van der Waals surface area (Å²) in [6.45, 7) is 1.74. The van der Waals surface area contributed by atoms with E-state index < -0.39 is 0 Å². The standard InChI is InChI=1S/C14H16N2O2S/c1-10(8-17)16(2)14(18)12-9-19-13(15-12)11-6-4-3-5-7-11/h3-7,9-10,17H,8H2,1-2H3/t10-/m1/s1. The second-order valence-electron chi connectivity index (χ2n) is 4.35. The molecule has 0 unspecified atom stereocenters. The van der Waals surface area contributed by atoms with Gasteiger partial charge in [-0.05, 0) is 6.92 Å². The number of aliphatic hydroxyl groups is 1. The van der Waals surface area contributed by atoms with Crippen molar-refractivity contribution >= 4 is 17.2 Å². The minimum atomic E-state index is -0.214. The van der Waals surface area contributed by atoms with E-state index in [1.165, 1.54) is 16.2 Å². The molecular weight excluding hydrogens is 260 g/mol. The molecule has 0 saturated heterocycles. The predicted molar refractivity (Wildman–Crippen MR) is 76.2 cm³/mol. The van der Waals surface area contributed by atoms with Gasteiger partial charge >= 0.3 is 0 Å². The molecular formula is C14H16N2O2S. The summed E-state index contributed by atoms with van der Waals surface area (Å²) in [4.78, 5) is 18.0. The third kappa shape index (κ3) is 3.00.